The maximum atomic E-state index is 13.0. The molecule has 1 aromatic carbocycles. The Morgan fingerprint density at radius 1 is 1.46 bits per heavy atom. The van der Waals surface area contributed by atoms with Gasteiger partial charge in [0, 0.05) is 15.6 Å². The minimum absolute atomic E-state index is 0.105. The van der Waals surface area contributed by atoms with Crippen LogP contribution in [0.3, 0.4) is 0 Å². The zero-order valence-corrected chi connectivity index (χ0v) is 15.3. The lowest BCUT2D eigenvalue weighted by Crippen LogP contribution is -2.25. The minimum Gasteiger partial charge on any atom is -0.389 e. The summed E-state index contributed by atoms with van der Waals surface area (Å²) < 4.78 is 19.3. The summed E-state index contributed by atoms with van der Waals surface area (Å²) in [6.07, 6.45) is 1.60. The third-order valence-electron chi connectivity index (χ3n) is 3.21. The van der Waals surface area contributed by atoms with Gasteiger partial charge in [-0.3, -0.25) is 10.1 Å². The highest BCUT2D eigenvalue weighted by Crippen LogP contribution is 2.17. The van der Waals surface area contributed by atoms with Gasteiger partial charge in [0.1, 0.15) is 0 Å². The number of carbonyl (C=O) groups excluding carboxylic acids is 1. The first-order chi connectivity index (χ1) is 11.6. The van der Waals surface area contributed by atoms with Gasteiger partial charge in [0.25, 0.3) is 5.91 Å². The van der Waals surface area contributed by atoms with E-state index in [2.05, 4.69) is 38.0 Å². The fraction of sp³-hybridized carbons (Fsp3) is 0.267. The van der Waals surface area contributed by atoms with Gasteiger partial charge in [-0.05, 0) is 34.7 Å². The van der Waals surface area contributed by atoms with Crippen LogP contribution < -0.4 is 5.32 Å². The predicted octanol–water partition coefficient (Wildman–Crippen LogP) is 3.04. The van der Waals surface area contributed by atoms with E-state index in [1.165, 1.54) is 0 Å². The van der Waals surface area contributed by atoms with Crippen LogP contribution in [0.15, 0.2) is 35.6 Å². The van der Waals surface area contributed by atoms with Gasteiger partial charge in [0.15, 0.2) is 22.1 Å². The molecule has 0 aliphatic carbocycles. The van der Waals surface area contributed by atoms with Crippen LogP contribution in [-0.2, 0) is 14.4 Å². The number of aromatic nitrogens is 1. The van der Waals surface area contributed by atoms with Gasteiger partial charge in [-0.15, -0.1) is 0 Å². The fourth-order valence-corrected chi connectivity index (χ4v) is 2.92. The third-order valence-corrected chi connectivity index (χ3v) is 4.63. The summed E-state index contributed by atoms with van der Waals surface area (Å²) in [5.74, 6) is -0.510. The summed E-state index contributed by atoms with van der Waals surface area (Å²) in [5, 5.41) is 6.24. The van der Waals surface area contributed by atoms with Gasteiger partial charge in [0.2, 0.25) is 0 Å². The van der Waals surface area contributed by atoms with Crippen molar-refractivity contribution in [1.82, 2.24) is 4.98 Å². The Balaban J connectivity index is 1.81. The Morgan fingerprint density at radius 2 is 2.25 bits per heavy atom. The molecule has 0 saturated carbocycles. The highest BCUT2D eigenvalue weighted by molar-refractivity contribution is 14.1. The molecule has 1 aliphatic heterocycles. The molecule has 6 nitrogen and oxygen atoms in total. The molecule has 1 aliphatic rings. The molecule has 2 heterocycles. The second kappa shape index (κ2) is 7.99. The Kier molecular flexibility index (Phi) is 5.74. The second-order valence-corrected chi connectivity index (χ2v) is 7.19. The standard InChI is InChI=1S/C15H13FIN3O3S/c16-12-7-18-15(24-12)19-14(21)13(9-1-3-10(17)4-2-9)20-23-11-5-6-22-8-11/h1-4,7,11H,5-6,8H2,(H,18,19,21)/t11-/m1/s1. The SMILES string of the molecule is O=C(Nc1ncc(F)s1)C(=NO[C@@H]1CCOC1)c1ccc(I)cc1. The molecule has 1 amide bonds. The molecule has 2 aromatic rings. The van der Waals surface area contributed by atoms with Crippen molar-refractivity contribution in [2.75, 3.05) is 18.5 Å². The first kappa shape index (κ1) is 17.2. The van der Waals surface area contributed by atoms with Gasteiger partial charge in [-0.25, -0.2) is 4.98 Å². The average Bonchev–Trinajstić information content (AvgIpc) is 3.21. The van der Waals surface area contributed by atoms with Crippen molar-refractivity contribution in [3.05, 3.63) is 44.7 Å². The van der Waals surface area contributed by atoms with Crippen molar-refractivity contribution < 1.29 is 18.8 Å². The number of nitrogens with one attached hydrogen (secondary N) is 1. The van der Waals surface area contributed by atoms with E-state index in [1.807, 2.05) is 12.1 Å². The normalized spacial score (nSPS) is 17.8. The summed E-state index contributed by atoms with van der Waals surface area (Å²) >= 11 is 2.92. The number of benzene rings is 1. The zero-order chi connectivity index (χ0) is 16.9. The number of hydrogen-bond donors (Lipinski definition) is 1. The number of thiazole rings is 1. The molecule has 9 heteroatoms. The number of halogens is 2. The van der Waals surface area contributed by atoms with Gasteiger partial charge in [0.05, 0.1) is 19.4 Å². The summed E-state index contributed by atoms with van der Waals surface area (Å²) in [6, 6.07) is 7.27. The number of ether oxygens (including phenoxy) is 1. The van der Waals surface area contributed by atoms with E-state index < -0.39 is 11.0 Å². The van der Waals surface area contributed by atoms with Crippen LogP contribution in [0.4, 0.5) is 9.52 Å². The van der Waals surface area contributed by atoms with Gasteiger partial charge >= 0.3 is 0 Å². The van der Waals surface area contributed by atoms with Crippen molar-refractivity contribution in [3.63, 3.8) is 0 Å². The summed E-state index contributed by atoms with van der Waals surface area (Å²) in [7, 11) is 0. The van der Waals surface area contributed by atoms with E-state index >= 15 is 0 Å². The molecule has 0 unspecified atom stereocenters. The molecule has 0 spiro atoms. The minimum atomic E-state index is -0.510. The lowest BCUT2D eigenvalue weighted by atomic mass is 10.1. The predicted molar refractivity (Wildman–Crippen MR) is 96.7 cm³/mol. The maximum absolute atomic E-state index is 13.0. The van der Waals surface area contributed by atoms with Crippen molar-refractivity contribution in [2.45, 2.75) is 12.5 Å². The first-order valence-electron chi connectivity index (χ1n) is 7.12. The van der Waals surface area contributed by atoms with Gasteiger partial charge < -0.3 is 9.57 Å². The van der Waals surface area contributed by atoms with Gasteiger partial charge in [-0.2, -0.15) is 4.39 Å². The van der Waals surface area contributed by atoms with E-state index in [1.54, 1.807) is 12.1 Å². The topological polar surface area (TPSA) is 72.8 Å². The number of carbonyl (C=O) groups is 1. The van der Waals surface area contributed by atoms with Crippen molar-refractivity contribution >= 4 is 50.7 Å². The quantitative estimate of drug-likeness (QED) is 0.422. The van der Waals surface area contributed by atoms with Crippen LogP contribution in [-0.4, -0.2) is 35.9 Å². The van der Waals surface area contributed by atoms with E-state index in [0.29, 0.717) is 18.8 Å². The van der Waals surface area contributed by atoms with Crippen LogP contribution in [0.25, 0.3) is 0 Å². The molecule has 0 radical (unpaired) electrons. The molecular formula is C15H13FIN3O3S. The molecule has 126 valence electrons. The number of oxime groups is 1. The van der Waals surface area contributed by atoms with Gasteiger partial charge in [-0.1, -0.05) is 28.6 Å². The summed E-state index contributed by atoms with van der Waals surface area (Å²) in [6.45, 7) is 1.06. The Morgan fingerprint density at radius 3 is 2.88 bits per heavy atom. The Hall–Kier alpha value is -1.59. The molecule has 1 aromatic heterocycles. The van der Waals surface area contributed by atoms with Crippen molar-refractivity contribution in [3.8, 4) is 0 Å². The summed E-state index contributed by atoms with van der Waals surface area (Å²) in [5.41, 5.74) is 0.706. The molecule has 24 heavy (non-hydrogen) atoms. The lowest BCUT2D eigenvalue weighted by molar-refractivity contribution is -0.110. The molecule has 0 bridgehead atoms. The molecule has 3 rings (SSSR count). The average molecular weight is 461 g/mol. The molecule has 1 saturated heterocycles. The number of amides is 1. The lowest BCUT2D eigenvalue weighted by Gasteiger charge is -2.09. The highest BCUT2D eigenvalue weighted by atomic mass is 127. The number of rotatable bonds is 5. The monoisotopic (exact) mass is 461 g/mol. The second-order valence-electron chi connectivity index (χ2n) is 4.96. The van der Waals surface area contributed by atoms with Crippen molar-refractivity contribution in [2.24, 2.45) is 5.16 Å². The van der Waals surface area contributed by atoms with Crippen LogP contribution in [0.2, 0.25) is 0 Å². The Bertz CT molecular complexity index is 745. The maximum Gasteiger partial charge on any atom is 0.280 e. The number of anilines is 1. The summed E-state index contributed by atoms with van der Waals surface area (Å²) in [4.78, 5) is 21.7. The number of nitrogens with zero attached hydrogens (tertiary/aromatic N) is 2. The van der Waals surface area contributed by atoms with Crippen LogP contribution >= 0.6 is 33.9 Å². The van der Waals surface area contributed by atoms with E-state index in [-0.39, 0.29) is 16.9 Å². The van der Waals surface area contributed by atoms with Crippen LogP contribution in [0, 0.1) is 8.70 Å². The smallest absolute Gasteiger partial charge is 0.280 e. The number of hydrogen-bond acceptors (Lipinski definition) is 6. The van der Waals surface area contributed by atoms with E-state index in [0.717, 1.165) is 27.5 Å². The van der Waals surface area contributed by atoms with Crippen LogP contribution in [0.1, 0.15) is 12.0 Å². The fourth-order valence-electron chi connectivity index (χ4n) is 2.02. The molecular weight excluding hydrogens is 448 g/mol. The largest absolute Gasteiger partial charge is 0.389 e. The Labute approximate surface area is 155 Å². The first-order valence-corrected chi connectivity index (χ1v) is 9.01. The molecule has 1 fully saturated rings. The van der Waals surface area contributed by atoms with Crippen LogP contribution in [0.5, 0.6) is 0 Å². The third kappa shape index (κ3) is 4.48. The molecule has 1 atom stereocenters. The zero-order valence-electron chi connectivity index (χ0n) is 12.4. The van der Waals surface area contributed by atoms with Crippen molar-refractivity contribution in [1.29, 1.82) is 0 Å². The molecule has 1 N–H and O–H groups in total. The highest BCUT2D eigenvalue weighted by Gasteiger charge is 2.21. The van der Waals surface area contributed by atoms with E-state index in [4.69, 9.17) is 9.57 Å². The van der Waals surface area contributed by atoms with E-state index in [9.17, 15) is 9.18 Å².